The number of hydrogen-bond donors (Lipinski definition) is 1. The number of likely N-dealkylation sites (tertiary alicyclic amines) is 1. The molecule has 0 saturated carbocycles. The summed E-state index contributed by atoms with van der Waals surface area (Å²) in [5, 5.41) is 3.23. The van der Waals surface area contributed by atoms with Crippen LogP contribution in [0, 0.1) is 0 Å². The third-order valence-electron chi connectivity index (χ3n) is 6.40. The predicted octanol–water partition coefficient (Wildman–Crippen LogP) is 0.809. The van der Waals surface area contributed by atoms with Crippen molar-refractivity contribution < 1.29 is 14.3 Å². The Morgan fingerprint density at radius 2 is 1.93 bits per heavy atom. The molecular formula is C21H32N6O3. The van der Waals surface area contributed by atoms with Crippen LogP contribution in [0.25, 0.3) is 0 Å². The van der Waals surface area contributed by atoms with Crippen molar-refractivity contribution in [2.75, 3.05) is 58.3 Å². The van der Waals surface area contributed by atoms with Crippen LogP contribution in [0.15, 0.2) is 0 Å². The van der Waals surface area contributed by atoms with Gasteiger partial charge in [-0.25, -0.2) is 9.97 Å². The standard InChI is InChI=1S/C21H32N6O3/c1-15(28)27-8-5-16-17(14-27)23-21(24-20(16)22-2)18-4-3-7-25(18)9-6-19(29)26-10-12-30-13-11-26/h18H,3-14H2,1-2H3,(H,22,23,24). The Morgan fingerprint density at radius 1 is 1.13 bits per heavy atom. The fraction of sp³-hybridized carbons (Fsp3) is 0.714. The topological polar surface area (TPSA) is 90.9 Å². The zero-order chi connectivity index (χ0) is 21.1. The first-order valence-electron chi connectivity index (χ1n) is 11.0. The van der Waals surface area contributed by atoms with Crippen LogP contribution in [0.3, 0.4) is 0 Å². The Morgan fingerprint density at radius 3 is 2.67 bits per heavy atom. The Labute approximate surface area is 177 Å². The molecule has 1 unspecified atom stereocenters. The van der Waals surface area contributed by atoms with Gasteiger partial charge in [0, 0.05) is 52.1 Å². The van der Waals surface area contributed by atoms with Gasteiger partial charge >= 0.3 is 0 Å². The monoisotopic (exact) mass is 416 g/mol. The SMILES string of the molecule is CNc1nc(C2CCCN2CCC(=O)N2CCOCC2)nc2c1CCN(C(C)=O)C2. The predicted molar refractivity (Wildman–Crippen MR) is 112 cm³/mol. The third-order valence-corrected chi connectivity index (χ3v) is 6.40. The summed E-state index contributed by atoms with van der Waals surface area (Å²) in [5.41, 5.74) is 2.06. The molecule has 2 fully saturated rings. The lowest BCUT2D eigenvalue weighted by Gasteiger charge is -2.31. The van der Waals surface area contributed by atoms with E-state index in [0.717, 1.165) is 55.3 Å². The van der Waals surface area contributed by atoms with Crippen molar-refractivity contribution >= 4 is 17.6 Å². The van der Waals surface area contributed by atoms with Gasteiger partial charge in [0.2, 0.25) is 11.8 Å². The number of hydrogen-bond acceptors (Lipinski definition) is 7. The quantitative estimate of drug-likeness (QED) is 0.759. The van der Waals surface area contributed by atoms with E-state index < -0.39 is 0 Å². The minimum atomic E-state index is 0.0796. The van der Waals surface area contributed by atoms with Gasteiger partial charge in [0.05, 0.1) is 31.5 Å². The van der Waals surface area contributed by atoms with Crippen LogP contribution >= 0.6 is 0 Å². The summed E-state index contributed by atoms with van der Waals surface area (Å²) in [4.78, 5) is 40.2. The zero-order valence-corrected chi connectivity index (χ0v) is 18.0. The highest BCUT2D eigenvalue weighted by atomic mass is 16.5. The molecule has 164 valence electrons. The number of nitrogens with zero attached hydrogens (tertiary/aromatic N) is 5. The summed E-state index contributed by atoms with van der Waals surface area (Å²) in [5.74, 6) is 1.95. The van der Waals surface area contributed by atoms with Gasteiger partial charge < -0.3 is 19.9 Å². The largest absolute Gasteiger partial charge is 0.378 e. The molecule has 0 aliphatic carbocycles. The van der Waals surface area contributed by atoms with E-state index in [1.807, 2.05) is 16.8 Å². The minimum absolute atomic E-state index is 0.0796. The number of morpholine rings is 1. The number of carbonyl (C=O) groups excluding carboxylic acids is 2. The van der Waals surface area contributed by atoms with Crippen molar-refractivity contribution in [2.45, 2.75) is 45.2 Å². The highest BCUT2D eigenvalue weighted by Gasteiger charge is 2.32. The van der Waals surface area contributed by atoms with Crippen molar-refractivity contribution in [3.8, 4) is 0 Å². The van der Waals surface area contributed by atoms with Gasteiger partial charge in [0.1, 0.15) is 11.6 Å². The second-order valence-electron chi connectivity index (χ2n) is 8.23. The molecule has 4 heterocycles. The van der Waals surface area contributed by atoms with E-state index in [1.54, 1.807) is 6.92 Å². The molecule has 2 saturated heterocycles. The Bertz CT molecular complexity index is 795. The van der Waals surface area contributed by atoms with Gasteiger partial charge in [-0.05, 0) is 25.8 Å². The van der Waals surface area contributed by atoms with Gasteiger partial charge in [0.25, 0.3) is 0 Å². The van der Waals surface area contributed by atoms with Crippen LogP contribution in [0.4, 0.5) is 5.82 Å². The number of amides is 2. The Balaban J connectivity index is 1.47. The third kappa shape index (κ3) is 4.41. The van der Waals surface area contributed by atoms with Gasteiger partial charge in [-0.3, -0.25) is 14.5 Å². The molecule has 0 radical (unpaired) electrons. The van der Waals surface area contributed by atoms with E-state index in [4.69, 9.17) is 14.7 Å². The first-order valence-corrected chi connectivity index (χ1v) is 11.0. The lowest BCUT2D eigenvalue weighted by Crippen LogP contribution is -2.42. The van der Waals surface area contributed by atoms with Gasteiger partial charge in [-0.15, -0.1) is 0 Å². The van der Waals surface area contributed by atoms with E-state index in [9.17, 15) is 9.59 Å². The molecule has 1 atom stereocenters. The lowest BCUT2D eigenvalue weighted by atomic mass is 10.0. The second kappa shape index (κ2) is 9.26. The molecule has 1 aromatic heterocycles. The molecule has 2 amide bonds. The maximum absolute atomic E-state index is 12.6. The first kappa shape index (κ1) is 21.0. The second-order valence-corrected chi connectivity index (χ2v) is 8.23. The summed E-state index contributed by atoms with van der Waals surface area (Å²) >= 11 is 0. The smallest absolute Gasteiger partial charge is 0.224 e. The van der Waals surface area contributed by atoms with Crippen molar-refractivity contribution in [2.24, 2.45) is 0 Å². The van der Waals surface area contributed by atoms with Crippen molar-refractivity contribution in [1.29, 1.82) is 0 Å². The maximum atomic E-state index is 12.6. The zero-order valence-electron chi connectivity index (χ0n) is 18.0. The fourth-order valence-electron chi connectivity index (χ4n) is 4.67. The van der Waals surface area contributed by atoms with E-state index >= 15 is 0 Å². The Kier molecular flexibility index (Phi) is 6.48. The van der Waals surface area contributed by atoms with Crippen molar-refractivity contribution in [3.05, 3.63) is 17.1 Å². The van der Waals surface area contributed by atoms with E-state index in [-0.39, 0.29) is 17.9 Å². The molecule has 0 spiro atoms. The summed E-state index contributed by atoms with van der Waals surface area (Å²) in [6.07, 6.45) is 3.35. The molecule has 0 bridgehead atoms. The summed E-state index contributed by atoms with van der Waals surface area (Å²) in [6, 6.07) is 0.118. The van der Waals surface area contributed by atoms with Crippen LogP contribution < -0.4 is 5.32 Å². The minimum Gasteiger partial charge on any atom is -0.378 e. The molecule has 1 N–H and O–H groups in total. The van der Waals surface area contributed by atoms with Crippen molar-refractivity contribution in [3.63, 3.8) is 0 Å². The van der Waals surface area contributed by atoms with Gasteiger partial charge in [-0.1, -0.05) is 0 Å². The summed E-state index contributed by atoms with van der Waals surface area (Å²) in [7, 11) is 1.89. The molecule has 9 nitrogen and oxygen atoms in total. The molecule has 3 aliphatic heterocycles. The number of anilines is 1. The highest BCUT2D eigenvalue weighted by molar-refractivity contribution is 5.76. The number of ether oxygens (including phenoxy) is 1. The van der Waals surface area contributed by atoms with Crippen LogP contribution in [0.2, 0.25) is 0 Å². The molecular weight excluding hydrogens is 384 g/mol. The maximum Gasteiger partial charge on any atom is 0.224 e. The van der Waals surface area contributed by atoms with E-state index in [1.165, 1.54) is 0 Å². The Hall–Kier alpha value is -2.26. The molecule has 3 aliphatic rings. The van der Waals surface area contributed by atoms with Crippen LogP contribution in [-0.2, 0) is 27.3 Å². The summed E-state index contributed by atoms with van der Waals surface area (Å²) < 4.78 is 5.34. The molecule has 0 aromatic carbocycles. The van der Waals surface area contributed by atoms with Crippen molar-refractivity contribution in [1.82, 2.24) is 24.7 Å². The average molecular weight is 417 g/mol. The van der Waals surface area contributed by atoms with Gasteiger partial charge in [-0.2, -0.15) is 0 Å². The summed E-state index contributed by atoms with van der Waals surface area (Å²) in [6.45, 7) is 7.16. The number of aromatic nitrogens is 2. The van der Waals surface area contributed by atoms with E-state index in [2.05, 4.69) is 10.2 Å². The van der Waals surface area contributed by atoms with Crippen LogP contribution in [0.5, 0.6) is 0 Å². The van der Waals surface area contributed by atoms with Gasteiger partial charge in [0.15, 0.2) is 0 Å². The van der Waals surface area contributed by atoms with Crippen LogP contribution in [0.1, 0.15) is 49.3 Å². The number of rotatable bonds is 5. The average Bonchev–Trinajstić information content (AvgIpc) is 3.25. The molecule has 30 heavy (non-hydrogen) atoms. The molecule has 9 heteroatoms. The molecule has 4 rings (SSSR count). The van der Waals surface area contributed by atoms with Crippen LogP contribution in [-0.4, -0.2) is 89.5 Å². The fourth-order valence-corrected chi connectivity index (χ4v) is 4.67. The highest BCUT2D eigenvalue weighted by Crippen LogP contribution is 2.33. The number of nitrogens with one attached hydrogen (secondary N) is 1. The lowest BCUT2D eigenvalue weighted by molar-refractivity contribution is -0.135. The number of carbonyl (C=O) groups is 2. The normalized spacial score (nSPS) is 22.1. The number of fused-ring (bicyclic) bond motifs is 1. The first-order chi connectivity index (χ1) is 14.6. The van der Waals surface area contributed by atoms with E-state index in [0.29, 0.717) is 45.8 Å². The molecule has 1 aromatic rings.